The molecule has 0 aromatic rings. The van der Waals surface area contributed by atoms with Gasteiger partial charge in [0.1, 0.15) is 0 Å². The Morgan fingerprint density at radius 3 is 2.64 bits per heavy atom. The largest absolute Gasteiger partial charge is 0.356 e. The van der Waals surface area contributed by atoms with Crippen molar-refractivity contribution in [3.05, 3.63) is 0 Å². The molecule has 0 fully saturated rings. The van der Waals surface area contributed by atoms with E-state index in [0.29, 0.717) is 0 Å². The van der Waals surface area contributed by atoms with Gasteiger partial charge in [-0.05, 0) is 18.8 Å². The molecule has 1 atom stereocenters. The Morgan fingerprint density at radius 1 is 1.55 bits per heavy atom. The highest BCUT2D eigenvalue weighted by molar-refractivity contribution is 5.72. The second-order valence-electron chi connectivity index (χ2n) is 3.14. The molecular formula is C9H19NO. The van der Waals surface area contributed by atoms with Crippen molar-refractivity contribution in [2.24, 2.45) is 5.92 Å². The molecule has 66 valence electrons. The maximum absolute atomic E-state index is 10.4. The van der Waals surface area contributed by atoms with Crippen molar-refractivity contribution in [1.29, 1.82) is 0 Å². The first kappa shape index (κ1) is 10.5. The summed E-state index contributed by atoms with van der Waals surface area (Å²) in [7, 11) is 0. The van der Waals surface area contributed by atoms with Crippen molar-refractivity contribution >= 4 is 5.91 Å². The number of amides is 1. The van der Waals surface area contributed by atoms with Crippen molar-refractivity contribution in [2.75, 3.05) is 6.54 Å². The molecule has 0 radical (unpaired) electrons. The van der Waals surface area contributed by atoms with Gasteiger partial charge in [0.2, 0.25) is 5.91 Å². The summed E-state index contributed by atoms with van der Waals surface area (Å²) in [6, 6.07) is 0. The van der Waals surface area contributed by atoms with Gasteiger partial charge in [-0.3, -0.25) is 4.79 Å². The maximum atomic E-state index is 10.4. The van der Waals surface area contributed by atoms with Crippen molar-refractivity contribution < 1.29 is 4.79 Å². The molecule has 2 heteroatoms. The smallest absolute Gasteiger partial charge is 0.216 e. The molecule has 0 aromatic carbocycles. The SMILES string of the molecule is CC[C@@H](C)CCCNC(C)=O. The zero-order chi connectivity index (χ0) is 8.69. The number of carbonyl (C=O) groups is 1. The minimum atomic E-state index is 0.0779. The molecule has 0 bridgehead atoms. The molecule has 0 heterocycles. The van der Waals surface area contributed by atoms with E-state index in [-0.39, 0.29) is 5.91 Å². The van der Waals surface area contributed by atoms with E-state index in [1.165, 1.54) is 12.8 Å². The molecule has 0 aromatic heterocycles. The third-order valence-corrected chi connectivity index (χ3v) is 1.94. The highest BCUT2D eigenvalue weighted by atomic mass is 16.1. The van der Waals surface area contributed by atoms with E-state index < -0.39 is 0 Å². The lowest BCUT2D eigenvalue weighted by Gasteiger charge is -2.07. The Morgan fingerprint density at radius 2 is 2.18 bits per heavy atom. The summed E-state index contributed by atoms with van der Waals surface area (Å²) in [5.74, 6) is 0.873. The first-order valence-corrected chi connectivity index (χ1v) is 4.41. The summed E-state index contributed by atoms with van der Waals surface area (Å²) >= 11 is 0. The summed E-state index contributed by atoms with van der Waals surface area (Å²) in [4.78, 5) is 10.4. The van der Waals surface area contributed by atoms with Crippen LogP contribution in [0.2, 0.25) is 0 Å². The topological polar surface area (TPSA) is 29.1 Å². The second-order valence-corrected chi connectivity index (χ2v) is 3.14. The van der Waals surface area contributed by atoms with E-state index in [1.807, 2.05) is 0 Å². The first-order chi connectivity index (χ1) is 5.16. The van der Waals surface area contributed by atoms with Crippen LogP contribution in [0.4, 0.5) is 0 Å². The molecule has 2 nitrogen and oxygen atoms in total. The zero-order valence-corrected chi connectivity index (χ0v) is 7.81. The molecule has 0 aliphatic heterocycles. The van der Waals surface area contributed by atoms with Gasteiger partial charge in [-0.15, -0.1) is 0 Å². The fourth-order valence-corrected chi connectivity index (χ4v) is 0.919. The van der Waals surface area contributed by atoms with Gasteiger partial charge in [0.05, 0.1) is 0 Å². The standard InChI is InChI=1S/C9H19NO/c1-4-8(2)6-5-7-10-9(3)11/h8H,4-7H2,1-3H3,(H,10,11)/t8-/m1/s1. The number of carbonyl (C=O) groups excluding carboxylic acids is 1. The summed E-state index contributed by atoms with van der Waals surface area (Å²) in [6.07, 6.45) is 3.56. The van der Waals surface area contributed by atoms with Crippen molar-refractivity contribution in [3.8, 4) is 0 Å². The first-order valence-electron chi connectivity index (χ1n) is 4.41. The van der Waals surface area contributed by atoms with Crippen LogP contribution >= 0.6 is 0 Å². The predicted molar refractivity (Wildman–Crippen MR) is 47.4 cm³/mol. The predicted octanol–water partition coefficient (Wildman–Crippen LogP) is 1.95. The summed E-state index contributed by atoms with van der Waals surface area (Å²) in [6.45, 7) is 6.83. The average Bonchev–Trinajstić information content (AvgIpc) is 1.97. The van der Waals surface area contributed by atoms with Crippen LogP contribution in [0.25, 0.3) is 0 Å². The molecule has 0 saturated carbocycles. The quantitative estimate of drug-likeness (QED) is 0.607. The number of rotatable bonds is 5. The van der Waals surface area contributed by atoms with Gasteiger partial charge in [-0.25, -0.2) is 0 Å². The molecule has 0 rings (SSSR count). The Labute approximate surface area is 69.4 Å². The molecule has 0 aliphatic carbocycles. The third kappa shape index (κ3) is 7.37. The van der Waals surface area contributed by atoms with Gasteiger partial charge in [0.15, 0.2) is 0 Å². The molecular weight excluding hydrogens is 138 g/mol. The van der Waals surface area contributed by atoms with Crippen LogP contribution in [0.15, 0.2) is 0 Å². The van der Waals surface area contributed by atoms with Crippen LogP contribution in [0.3, 0.4) is 0 Å². The highest BCUT2D eigenvalue weighted by Crippen LogP contribution is 2.07. The van der Waals surface area contributed by atoms with Crippen LogP contribution in [0.5, 0.6) is 0 Å². The molecule has 11 heavy (non-hydrogen) atoms. The van der Waals surface area contributed by atoms with Crippen LogP contribution in [-0.2, 0) is 4.79 Å². The van der Waals surface area contributed by atoms with E-state index >= 15 is 0 Å². The van der Waals surface area contributed by atoms with E-state index in [4.69, 9.17) is 0 Å². The normalized spacial score (nSPS) is 12.6. The lowest BCUT2D eigenvalue weighted by Crippen LogP contribution is -2.21. The Bertz CT molecular complexity index is 112. The van der Waals surface area contributed by atoms with E-state index in [2.05, 4.69) is 19.2 Å². The van der Waals surface area contributed by atoms with Crippen molar-refractivity contribution in [3.63, 3.8) is 0 Å². The van der Waals surface area contributed by atoms with Crippen LogP contribution < -0.4 is 5.32 Å². The Balaban J connectivity index is 3.08. The van der Waals surface area contributed by atoms with Gasteiger partial charge in [0, 0.05) is 13.5 Å². The van der Waals surface area contributed by atoms with Gasteiger partial charge in [-0.1, -0.05) is 20.3 Å². The maximum Gasteiger partial charge on any atom is 0.216 e. The lowest BCUT2D eigenvalue weighted by atomic mass is 10.0. The number of hydrogen-bond donors (Lipinski definition) is 1. The lowest BCUT2D eigenvalue weighted by molar-refractivity contribution is -0.118. The van der Waals surface area contributed by atoms with E-state index in [1.54, 1.807) is 6.92 Å². The highest BCUT2D eigenvalue weighted by Gasteiger charge is 1.97. The summed E-state index contributed by atoms with van der Waals surface area (Å²) in [5.41, 5.74) is 0. The molecule has 0 aliphatic rings. The molecule has 1 N–H and O–H groups in total. The van der Waals surface area contributed by atoms with Crippen LogP contribution in [-0.4, -0.2) is 12.5 Å². The molecule has 1 amide bonds. The number of hydrogen-bond acceptors (Lipinski definition) is 1. The number of nitrogens with one attached hydrogen (secondary N) is 1. The fourth-order valence-electron chi connectivity index (χ4n) is 0.919. The second kappa shape index (κ2) is 6.20. The minimum Gasteiger partial charge on any atom is -0.356 e. The Hall–Kier alpha value is -0.530. The summed E-state index contributed by atoms with van der Waals surface area (Å²) < 4.78 is 0. The summed E-state index contributed by atoms with van der Waals surface area (Å²) in [5, 5.41) is 2.79. The van der Waals surface area contributed by atoms with Gasteiger partial charge in [0.25, 0.3) is 0 Å². The molecule has 0 spiro atoms. The van der Waals surface area contributed by atoms with Gasteiger partial charge in [-0.2, -0.15) is 0 Å². The fraction of sp³-hybridized carbons (Fsp3) is 0.889. The van der Waals surface area contributed by atoms with Crippen LogP contribution in [0, 0.1) is 5.92 Å². The minimum absolute atomic E-state index is 0.0779. The van der Waals surface area contributed by atoms with Gasteiger partial charge < -0.3 is 5.32 Å². The van der Waals surface area contributed by atoms with Crippen molar-refractivity contribution in [2.45, 2.75) is 40.0 Å². The monoisotopic (exact) mass is 157 g/mol. The van der Waals surface area contributed by atoms with Crippen molar-refractivity contribution in [1.82, 2.24) is 5.32 Å². The average molecular weight is 157 g/mol. The zero-order valence-electron chi connectivity index (χ0n) is 7.81. The Kier molecular flexibility index (Phi) is 5.90. The molecule has 0 saturated heterocycles. The third-order valence-electron chi connectivity index (χ3n) is 1.94. The van der Waals surface area contributed by atoms with Gasteiger partial charge >= 0.3 is 0 Å². The van der Waals surface area contributed by atoms with E-state index in [9.17, 15) is 4.79 Å². The molecule has 0 unspecified atom stereocenters. The van der Waals surface area contributed by atoms with Crippen LogP contribution in [0.1, 0.15) is 40.0 Å². The van der Waals surface area contributed by atoms with E-state index in [0.717, 1.165) is 18.9 Å².